The second-order valence-corrected chi connectivity index (χ2v) is 10.4. The lowest BCUT2D eigenvalue weighted by molar-refractivity contribution is -0.0348. The molecule has 0 saturated heterocycles. The van der Waals surface area contributed by atoms with Crippen molar-refractivity contribution >= 4 is 14.9 Å². The Kier molecular flexibility index (Phi) is 8.16. The van der Waals surface area contributed by atoms with Gasteiger partial charge in [-0.25, -0.2) is 4.79 Å². The minimum Gasteiger partial charge on any atom is -0.371 e. The first-order valence-electron chi connectivity index (χ1n) is 7.96. The van der Waals surface area contributed by atoms with Gasteiger partial charge in [0.2, 0.25) is 6.08 Å². The SMILES string of the molecule is CC(C)O[Si](CCC(C)(C)C)(OC(C)C)OC(C)(C)N=C=O. The van der Waals surface area contributed by atoms with E-state index in [0.29, 0.717) is 6.04 Å². The molecule has 0 aromatic heterocycles. The summed E-state index contributed by atoms with van der Waals surface area (Å²) in [7, 11) is -2.98. The van der Waals surface area contributed by atoms with Gasteiger partial charge in [0.15, 0.2) is 5.72 Å². The van der Waals surface area contributed by atoms with E-state index >= 15 is 0 Å². The summed E-state index contributed by atoms with van der Waals surface area (Å²) in [6.45, 7) is 17.8. The Morgan fingerprint density at radius 3 is 1.77 bits per heavy atom. The van der Waals surface area contributed by atoms with Crippen LogP contribution in [0.3, 0.4) is 0 Å². The highest BCUT2D eigenvalue weighted by atomic mass is 28.4. The molecule has 0 amide bonds. The van der Waals surface area contributed by atoms with Crippen molar-refractivity contribution in [2.45, 2.75) is 92.7 Å². The molecule has 0 fully saturated rings. The van der Waals surface area contributed by atoms with Crippen LogP contribution in [0.25, 0.3) is 0 Å². The Labute approximate surface area is 136 Å². The van der Waals surface area contributed by atoms with Crippen LogP contribution in [0.2, 0.25) is 6.04 Å². The molecule has 22 heavy (non-hydrogen) atoms. The van der Waals surface area contributed by atoms with E-state index in [0.717, 1.165) is 6.42 Å². The van der Waals surface area contributed by atoms with Crippen molar-refractivity contribution in [2.75, 3.05) is 0 Å². The summed E-state index contributed by atoms with van der Waals surface area (Å²) in [6, 6.07) is 0.685. The fraction of sp³-hybridized carbons (Fsp3) is 0.938. The molecular weight excluding hydrogens is 298 g/mol. The van der Waals surface area contributed by atoms with Gasteiger partial charge in [-0.3, -0.25) is 0 Å². The highest BCUT2D eigenvalue weighted by Gasteiger charge is 2.48. The average Bonchev–Trinajstić information content (AvgIpc) is 2.22. The topological polar surface area (TPSA) is 57.1 Å². The molecule has 0 bridgehead atoms. The van der Waals surface area contributed by atoms with Gasteiger partial charge in [0.05, 0.1) is 0 Å². The van der Waals surface area contributed by atoms with E-state index in [9.17, 15) is 4.79 Å². The van der Waals surface area contributed by atoms with Crippen LogP contribution >= 0.6 is 0 Å². The lowest BCUT2D eigenvalue weighted by Gasteiger charge is -2.38. The van der Waals surface area contributed by atoms with Gasteiger partial charge in [0.25, 0.3) is 0 Å². The molecule has 0 saturated carbocycles. The molecule has 0 aliphatic heterocycles. The molecule has 6 heteroatoms. The predicted octanol–water partition coefficient (Wildman–Crippen LogP) is 4.30. The monoisotopic (exact) mass is 331 g/mol. The van der Waals surface area contributed by atoms with Crippen LogP contribution in [0, 0.1) is 5.41 Å². The number of isocyanates is 1. The lowest BCUT2D eigenvalue weighted by atomic mass is 9.94. The standard InChI is InChI=1S/C16H33NO4Si/c1-13(2)19-22(20-14(3)4,11-10-15(5,6)7)21-16(8,9)17-12-18/h13-14H,10-11H2,1-9H3. The molecule has 0 unspecified atom stereocenters. The van der Waals surface area contributed by atoms with Crippen molar-refractivity contribution in [2.24, 2.45) is 10.4 Å². The zero-order valence-electron chi connectivity index (χ0n) is 15.6. The minimum atomic E-state index is -2.98. The number of hydrogen-bond acceptors (Lipinski definition) is 5. The maximum atomic E-state index is 10.6. The molecule has 0 rings (SSSR count). The number of nitrogens with zero attached hydrogens (tertiary/aromatic N) is 1. The van der Waals surface area contributed by atoms with Crippen LogP contribution in [0.1, 0.15) is 68.7 Å². The summed E-state index contributed by atoms with van der Waals surface area (Å²) >= 11 is 0. The zero-order valence-corrected chi connectivity index (χ0v) is 16.6. The largest absolute Gasteiger partial charge is 0.503 e. The maximum absolute atomic E-state index is 10.6. The van der Waals surface area contributed by atoms with E-state index < -0.39 is 14.5 Å². The normalized spacial score (nSPS) is 13.6. The van der Waals surface area contributed by atoms with Crippen molar-refractivity contribution < 1.29 is 18.1 Å². The third-order valence-electron chi connectivity index (χ3n) is 2.73. The lowest BCUT2D eigenvalue weighted by Crippen LogP contribution is -2.53. The third kappa shape index (κ3) is 9.49. The van der Waals surface area contributed by atoms with Gasteiger partial charge < -0.3 is 13.3 Å². The molecule has 0 aliphatic rings. The number of hydrogen-bond donors (Lipinski definition) is 0. The molecule has 0 atom stereocenters. The fourth-order valence-electron chi connectivity index (χ4n) is 2.00. The summed E-state index contributed by atoms with van der Waals surface area (Å²) < 4.78 is 18.4. The fourth-order valence-corrected chi connectivity index (χ4v) is 5.79. The Hall–Kier alpha value is -0.523. The summed E-state index contributed by atoms with van der Waals surface area (Å²) in [5, 5.41) is 0. The molecule has 0 radical (unpaired) electrons. The Morgan fingerprint density at radius 2 is 1.45 bits per heavy atom. The molecule has 0 heterocycles. The van der Waals surface area contributed by atoms with Gasteiger partial charge in [0.1, 0.15) is 0 Å². The predicted molar refractivity (Wildman–Crippen MR) is 90.4 cm³/mol. The second-order valence-electron chi connectivity index (χ2n) is 7.83. The van der Waals surface area contributed by atoms with Crippen LogP contribution < -0.4 is 0 Å². The first-order valence-corrected chi connectivity index (χ1v) is 9.89. The van der Waals surface area contributed by atoms with Gasteiger partial charge in [-0.15, -0.1) is 0 Å². The van der Waals surface area contributed by atoms with Gasteiger partial charge in [-0.1, -0.05) is 20.8 Å². The summed E-state index contributed by atoms with van der Waals surface area (Å²) in [5.41, 5.74) is -0.865. The Morgan fingerprint density at radius 1 is 1.00 bits per heavy atom. The van der Waals surface area contributed by atoms with Crippen LogP contribution in [-0.2, 0) is 18.1 Å². The third-order valence-corrected chi connectivity index (χ3v) is 6.07. The van der Waals surface area contributed by atoms with Crippen molar-refractivity contribution in [3.8, 4) is 0 Å². The quantitative estimate of drug-likeness (QED) is 0.359. The number of rotatable bonds is 9. The van der Waals surface area contributed by atoms with Crippen molar-refractivity contribution in [3.63, 3.8) is 0 Å². The Bertz CT molecular complexity index is 372. The van der Waals surface area contributed by atoms with Gasteiger partial charge >= 0.3 is 8.80 Å². The molecule has 130 valence electrons. The molecule has 0 N–H and O–H groups in total. The van der Waals surface area contributed by atoms with Gasteiger partial charge in [0, 0.05) is 18.3 Å². The minimum absolute atomic E-state index is 0.0265. The van der Waals surface area contributed by atoms with E-state index in [1.807, 2.05) is 27.7 Å². The highest BCUT2D eigenvalue weighted by Crippen LogP contribution is 2.32. The Balaban J connectivity index is 5.48. The van der Waals surface area contributed by atoms with Crippen molar-refractivity contribution in [1.82, 2.24) is 0 Å². The van der Waals surface area contributed by atoms with E-state index in [-0.39, 0.29) is 17.6 Å². The molecule has 5 nitrogen and oxygen atoms in total. The zero-order chi connectivity index (χ0) is 17.6. The van der Waals surface area contributed by atoms with Crippen LogP contribution in [-0.4, -0.2) is 32.8 Å². The van der Waals surface area contributed by atoms with Crippen molar-refractivity contribution in [1.29, 1.82) is 0 Å². The van der Waals surface area contributed by atoms with Gasteiger partial charge in [-0.05, 0) is 53.4 Å². The van der Waals surface area contributed by atoms with E-state index in [2.05, 4.69) is 25.8 Å². The number of aliphatic imine (C=N–C) groups is 1. The molecular formula is C16H33NO4Si. The van der Waals surface area contributed by atoms with Crippen LogP contribution in [0.4, 0.5) is 0 Å². The highest BCUT2D eigenvalue weighted by molar-refractivity contribution is 6.61. The van der Waals surface area contributed by atoms with E-state index in [1.165, 1.54) is 0 Å². The first kappa shape index (κ1) is 21.5. The van der Waals surface area contributed by atoms with E-state index in [4.69, 9.17) is 13.3 Å². The van der Waals surface area contributed by atoms with Gasteiger partial charge in [-0.2, -0.15) is 4.99 Å². The summed E-state index contributed by atoms with van der Waals surface area (Å²) in [5.74, 6) is 0. The van der Waals surface area contributed by atoms with E-state index in [1.54, 1.807) is 19.9 Å². The average molecular weight is 332 g/mol. The molecule has 0 spiro atoms. The maximum Gasteiger partial charge on any atom is 0.503 e. The number of carbonyl (C=O) groups excluding carboxylic acids is 1. The summed E-state index contributed by atoms with van der Waals surface area (Å²) in [4.78, 5) is 14.4. The smallest absolute Gasteiger partial charge is 0.371 e. The van der Waals surface area contributed by atoms with Crippen molar-refractivity contribution in [3.05, 3.63) is 0 Å². The molecule has 0 aromatic rings. The van der Waals surface area contributed by atoms with Crippen LogP contribution in [0.5, 0.6) is 0 Å². The second kappa shape index (κ2) is 8.36. The molecule has 0 aromatic carbocycles. The molecule has 0 aliphatic carbocycles. The first-order chi connectivity index (χ1) is 9.81. The van der Waals surface area contributed by atoms with Crippen LogP contribution in [0.15, 0.2) is 4.99 Å². The summed E-state index contributed by atoms with van der Waals surface area (Å²) in [6.07, 6.45) is 2.42.